The second-order valence-electron chi connectivity index (χ2n) is 7.93. The van der Waals surface area contributed by atoms with Gasteiger partial charge in [0.2, 0.25) is 0 Å². The van der Waals surface area contributed by atoms with Gasteiger partial charge in [0.15, 0.2) is 0 Å². The number of halogens is 1. The molecule has 0 aromatic heterocycles. The molecule has 0 fully saturated rings. The van der Waals surface area contributed by atoms with Crippen LogP contribution in [0.2, 0.25) is 0 Å². The molecule has 1 atom stereocenters. The molecule has 0 bridgehead atoms. The Kier molecular flexibility index (Phi) is 4.75. The zero-order valence-corrected chi connectivity index (χ0v) is 18.4. The molecule has 0 spiro atoms. The van der Waals surface area contributed by atoms with E-state index < -0.39 is 0 Å². The van der Waals surface area contributed by atoms with Crippen molar-refractivity contribution in [3.05, 3.63) is 99.2 Å². The summed E-state index contributed by atoms with van der Waals surface area (Å²) in [5.74, 6) is 0.382. The van der Waals surface area contributed by atoms with E-state index in [2.05, 4.69) is 117 Å². The Morgan fingerprint density at radius 3 is 2.33 bits per heavy atom. The van der Waals surface area contributed by atoms with E-state index in [0.29, 0.717) is 5.92 Å². The largest absolute Gasteiger partial charge is 0.0908 e. The van der Waals surface area contributed by atoms with Gasteiger partial charge in [0.1, 0.15) is 0 Å². The van der Waals surface area contributed by atoms with Gasteiger partial charge in [0.05, 0.1) is 0 Å². The van der Waals surface area contributed by atoms with E-state index in [9.17, 15) is 0 Å². The SMILES string of the molecule is C=C1/C(=C\C(CC)c2ccc(I)c3ccccc23)C(C)(C)c2ccccc21. The molecule has 0 saturated carbocycles. The summed E-state index contributed by atoms with van der Waals surface area (Å²) in [6, 6.07) is 22.1. The van der Waals surface area contributed by atoms with Crippen molar-refractivity contribution in [3.63, 3.8) is 0 Å². The van der Waals surface area contributed by atoms with Gasteiger partial charge in [0, 0.05) is 14.9 Å². The first-order valence-electron chi connectivity index (χ1n) is 9.63. The molecule has 4 rings (SSSR count). The summed E-state index contributed by atoms with van der Waals surface area (Å²) < 4.78 is 1.31. The van der Waals surface area contributed by atoms with Crippen LogP contribution in [-0.2, 0) is 5.41 Å². The molecule has 136 valence electrons. The first-order valence-corrected chi connectivity index (χ1v) is 10.7. The van der Waals surface area contributed by atoms with E-state index in [1.165, 1.54) is 42.2 Å². The van der Waals surface area contributed by atoms with Crippen molar-refractivity contribution in [2.24, 2.45) is 0 Å². The monoisotopic (exact) mass is 464 g/mol. The van der Waals surface area contributed by atoms with Gasteiger partial charge in [-0.2, -0.15) is 0 Å². The van der Waals surface area contributed by atoms with Crippen molar-refractivity contribution in [3.8, 4) is 0 Å². The van der Waals surface area contributed by atoms with Crippen LogP contribution in [0, 0.1) is 3.57 Å². The van der Waals surface area contributed by atoms with Crippen LogP contribution in [0.25, 0.3) is 16.3 Å². The summed E-state index contributed by atoms with van der Waals surface area (Å²) in [6.45, 7) is 11.4. The first kappa shape index (κ1) is 18.5. The van der Waals surface area contributed by atoms with Gasteiger partial charge < -0.3 is 0 Å². The highest BCUT2D eigenvalue weighted by Crippen LogP contribution is 2.50. The zero-order valence-electron chi connectivity index (χ0n) is 16.2. The van der Waals surface area contributed by atoms with E-state index in [1.807, 2.05) is 0 Å². The summed E-state index contributed by atoms with van der Waals surface area (Å²) in [5.41, 5.74) is 6.67. The van der Waals surface area contributed by atoms with Crippen LogP contribution in [-0.4, -0.2) is 0 Å². The Hall–Kier alpha value is -1.87. The maximum atomic E-state index is 4.46. The highest BCUT2D eigenvalue weighted by atomic mass is 127. The smallest absolute Gasteiger partial charge is 0.0208 e. The average molecular weight is 464 g/mol. The molecule has 1 unspecified atom stereocenters. The summed E-state index contributed by atoms with van der Waals surface area (Å²) in [5, 5.41) is 2.72. The van der Waals surface area contributed by atoms with Crippen LogP contribution < -0.4 is 0 Å². The number of hydrogen-bond donors (Lipinski definition) is 0. The van der Waals surface area contributed by atoms with Gasteiger partial charge in [0.25, 0.3) is 0 Å². The van der Waals surface area contributed by atoms with Crippen LogP contribution in [0.3, 0.4) is 0 Å². The Morgan fingerprint density at radius 1 is 0.963 bits per heavy atom. The lowest BCUT2D eigenvalue weighted by Gasteiger charge is -2.24. The normalized spacial score (nSPS) is 18.1. The molecule has 0 radical (unpaired) electrons. The van der Waals surface area contributed by atoms with Crippen molar-refractivity contribution >= 4 is 38.9 Å². The lowest BCUT2D eigenvalue weighted by molar-refractivity contribution is 0.650. The Labute approximate surface area is 176 Å². The van der Waals surface area contributed by atoms with Gasteiger partial charge in [-0.05, 0) is 73.7 Å². The molecule has 3 aromatic rings. The molecular weight excluding hydrogens is 439 g/mol. The predicted molar refractivity (Wildman–Crippen MR) is 126 cm³/mol. The van der Waals surface area contributed by atoms with Crippen molar-refractivity contribution in [1.29, 1.82) is 0 Å². The fourth-order valence-electron chi connectivity index (χ4n) is 4.51. The van der Waals surface area contributed by atoms with Crippen LogP contribution in [0.4, 0.5) is 0 Å². The molecule has 3 aromatic carbocycles. The number of rotatable bonds is 3. The second-order valence-corrected chi connectivity index (χ2v) is 9.09. The first-order chi connectivity index (χ1) is 12.9. The molecular formula is C26H25I. The molecule has 1 aliphatic carbocycles. The highest BCUT2D eigenvalue weighted by molar-refractivity contribution is 14.1. The van der Waals surface area contributed by atoms with E-state index in [1.54, 1.807) is 0 Å². The zero-order chi connectivity index (χ0) is 19.2. The van der Waals surface area contributed by atoms with Crippen molar-refractivity contribution < 1.29 is 0 Å². The minimum Gasteiger partial charge on any atom is -0.0908 e. The molecule has 27 heavy (non-hydrogen) atoms. The van der Waals surface area contributed by atoms with Crippen LogP contribution in [0.15, 0.2) is 78.9 Å². The molecule has 1 aliphatic rings. The number of fused-ring (bicyclic) bond motifs is 2. The second kappa shape index (κ2) is 6.94. The maximum absolute atomic E-state index is 4.46. The van der Waals surface area contributed by atoms with Gasteiger partial charge >= 0.3 is 0 Å². The number of allylic oxidation sites excluding steroid dienone is 3. The van der Waals surface area contributed by atoms with E-state index in [4.69, 9.17) is 0 Å². The van der Waals surface area contributed by atoms with Gasteiger partial charge in [-0.1, -0.05) is 88.0 Å². The Morgan fingerprint density at radius 2 is 1.63 bits per heavy atom. The lowest BCUT2D eigenvalue weighted by atomic mass is 9.79. The predicted octanol–water partition coefficient (Wildman–Crippen LogP) is 7.87. The fraction of sp³-hybridized carbons (Fsp3) is 0.231. The van der Waals surface area contributed by atoms with E-state index in [-0.39, 0.29) is 5.41 Å². The van der Waals surface area contributed by atoms with Crippen LogP contribution in [0.5, 0.6) is 0 Å². The molecule has 0 heterocycles. The topological polar surface area (TPSA) is 0 Å². The van der Waals surface area contributed by atoms with Crippen molar-refractivity contribution in [2.75, 3.05) is 0 Å². The van der Waals surface area contributed by atoms with Gasteiger partial charge in [-0.15, -0.1) is 0 Å². The lowest BCUT2D eigenvalue weighted by Crippen LogP contribution is -2.16. The van der Waals surface area contributed by atoms with E-state index in [0.717, 1.165) is 6.42 Å². The van der Waals surface area contributed by atoms with Gasteiger partial charge in [-0.25, -0.2) is 0 Å². The van der Waals surface area contributed by atoms with Crippen molar-refractivity contribution in [1.82, 2.24) is 0 Å². The molecule has 0 amide bonds. The Balaban J connectivity index is 1.87. The number of benzene rings is 3. The standard InChI is InChI=1S/C26H25I/c1-5-18(20-14-15-25(27)22-12-7-6-11-21(20)22)16-24-17(2)19-10-8-9-13-23(19)26(24,3)4/h6-16,18H,2,5H2,1,3-4H3/b24-16+. The summed E-state index contributed by atoms with van der Waals surface area (Å²) in [4.78, 5) is 0. The van der Waals surface area contributed by atoms with Crippen LogP contribution in [0.1, 0.15) is 49.8 Å². The number of hydrogen-bond acceptors (Lipinski definition) is 0. The van der Waals surface area contributed by atoms with Crippen molar-refractivity contribution in [2.45, 2.75) is 38.5 Å². The molecule has 0 N–H and O–H groups in total. The van der Waals surface area contributed by atoms with Gasteiger partial charge in [-0.3, -0.25) is 0 Å². The third-order valence-corrected chi connectivity index (χ3v) is 6.98. The summed E-state index contributed by atoms with van der Waals surface area (Å²) >= 11 is 2.44. The fourth-order valence-corrected chi connectivity index (χ4v) is 5.16. The third-order valence-electron chi connectivity index (χ3n) is 6.04. The third kappa shape index (κ3) is 2.97. The van der Waals surface area contributed by atoms with Crippen LogP contribution >= 0.6 is 22.6 Å². The maximum Gasteiger partial charge on any atom is 0.0208 e. The molecule has 0 saturated heterocycles. The minimum absolute atomic E-state index is 0.000103. The quantitative estimate of drug-likeness (QED) is 0.346. The van der Waals surface area contributed by atoms with E-state index >= 15 is 0 Å². The minimum atomic E-state index is 0.000103. The summed E-state index contributed by atoms with van der Waals surface area (Å²) in [6.07, 6.45) is 3.56. The average Bonchev–Trinajstić information content (AvgIpc) is 2.87. The molecule has 1 heteroatoms. The Bertz CT molecular complexity index is 1070. The highest BCUT2D eigenvalue weighted by Gasteiger charge is 2.37. The summed E-state index contributed by atoms with van der Waals surface area (Å²) in [7, 11) is 0. The molecule has 0 nitrogen and oxygen atoms in total. The molecule has 0 aliphatic heterocycles.